The van der Waals surface area contributed by atoms with E-state index in [0.717, 1.165) is 59.6 Å². The van der Waals surface area contributed by atoms with Crippen LogP contribution in [0.25, 0.3) is 22.5 Å². The predicted molar refractivity (Wildman–Crippen MR) is 150 cm³/mol. The second-order valence-electron chi connectivity index (χ2n) is 9.94. The number of aryl methyl sites for hydroxylation is 2. The van der Waals surface area contributed by atoms with E-state index in [1.54, 1.807) is 24.3 Å². The van der Waals surface area contributed by atoms with E-state index in [0.29, 0.717) is 0 Å². The number of aromatic hydroxyl groups is 2. The molecule has 0 radical (unpaired) electrons. The van der Waals surface area contributed by atoms with Crippen LogP contribution in [0.2, 0.25) is 0 Å². The topological polar surface area (TPSA) is 66.2 Å². The summed E-state index contributed by atoms with van der Waals surface area (Å²) in [7, 11) is 0. The molecule has 0 aliphatic carbocycles. The van der Waals surface area contributed by atoms with Crippen LogP contribution >= 0.6 is 0 Å². The molecule has 1 heterocycles. The molecule has 4 heteroatoms. The van der Waals surface area contributed by atoms with Gasteiger partial charge in [-0.15, -0.1) is 0 Å². The Labute approximate surface area is 217 Å². The Balaban J connectivity index is 1.91. The van der Waals surface area contributed by atoms with Crippen LogP contribution in [-0.2, 0) is 12.8 Å². The Morgan fingerprint density at radius 1 is 0.472 bits per heavy atom. The molecule has 194 valence electrons. The number of nitrogens with zero attached hydrogens (tertiary/aromatic N) is 2. The van der Waals surface area contributed by atoms with E-state index >= 15 is 0 Å². The minimum Gasteiger partial charge on any atom is -0.508 e. The van der Waals surface area contributed by atoms with E-state index in [-0.39, 0.29) is 11.5 Å². The molecule has 0 bridgehead atoms. The van der Waals surface area contributed by atoms with E-state index in [1.165, 1.54) is 64.2 Å². The average Bonchev–Trinajstić information content (AvgIpc) is 2.89. The van der Waals surface area contributed by atoms with E-state index in [9.17, 15) is 10.2 Å². The highest BCUT2D eigenvalue weighted by atomic mass is 16.3. The number of benzene rings is 2. The van der Waals surface area contributed by atoms with Crippen LogP contribution in [0.3, 0.4) is 0 Å². The van der Waals surface area contributed by atoms with Crippen molar-refractivity contribution in [2.24, 2.45) is 0 Å². The molecule has 3 rings (SSSR count). The van der Waals surface area contributed by atoms with E-state index in [2.05, 4.69) is 13.8 Å². The summed E-state index contributed by atoms with van der Waals surface area (Å²) in [6.07, 6.45) is 16.6. The van der Waals surface area contributed by atoms with Crippen LogP contribution in [0.15, 0.2) is 48.5 Å². The molecule has 36 heavy (non-hydrogen) atoms. The van der Waals surface area contributed by atoms with Crippen molar-refractivity contribution < 1.29 is 10.2 Å². The zero-order valence-corrected chi connectivity index (χ0v) is 22.3. The number of hydrogen-bond acceptors (Lipinski definition) is 4. The van der Waals surface area contributed by atoms with Gasteiger partial charge in [0.15, 0.2) is 0 Å². The third-order valence-electron chi connectivity index (χ3n) is 6.86. The van der Waals surface area contributed by atoms with Gasteiger partial charge in [0, 0.05) is 11.1 Å². The first-order valence-corrected chi connectivity index (χ1v) is 14.1. The first-order valence-electron chi connectivity index (χ1n) is 14.1. The van der Waals surface area contributed by atoms with Crippen LogP contribution in [0.5, 0.6) is 11.5 Å². The molecule has 0 spiro atoms. The monoisotopic (exact) mass is 488 g/mol. The van der Waals surface area contributed by atoms with Crippen molar-refractivity contribution in [2.75, 3.05) is 0 Å². The molecular weight excluding hydrogens is 444 g/mol. The highest BCUT2D eigenvalue weighted by molar-refractivity contribution is 5.68. The van der Waals surface area contributed by atoms with Crippen LogP contribution in [0, 0.1) is 0 Å². The lowest BCUT2D eigenvalue weighted by molar-refractivity contribution is 0.475. The van der Waals surface area contributed by atoms with Gasteiger partial charge in [-0.2, -0.15) is 0 Å². The zero-order valence-electron chi connectivity index (χ0n) is 22.3. The largest absolute Gasteiger partial charge is 0.508 e. The van der Waals surface area contributed by atoms with Gasteiger partial charge in [-0.05, 0) is 74.2 Å². The Kier molecular flexibility index (Phi) is 11.8. The molecular formula is C32H44N2O2. The Hall–Kier alpha value is -2.88. The SMILES string of the molecule is CCCCCCCCc1nc(-c2ccc(O)cc2)c(CCCCCCCC)nc1-c1ccc(O)cc1. The van der Waals surface area contributed by atoms with Gasteiger partial charge in [0.1, 0.15) is 11.5 Å². The summed E-state index contributed by atoms with van der Waals surface area (Å²) in [5.74, 6) is 0.523. The standard InChI is InChI=1S/C32H44N2O2/c1-3-5-7-9-11-13-15-29-31(25-17-21-27(35)22-18-25)34-30(16-14-12-10-8-6-4-2)32(33-29)26-19-23-28(36)24-20-26/h17-24,35-36H,3-16H2,1-2H3. The van der Waals surface area contributed by atoms with Gasteiger partial charge < -0.3 is 10.2 Å². The lowest BCUT2D eigenvalue weighted by Crippen LogP contribution is -2.06. The molecule has 0 aliphatic rings. The Morgan fingerprint density at radius 3 is 1.17 bits per heavy atom. The lowest BCUT2D eigenvalue weighted by Gasteiger charge is -2.16. The predicted octanol–water partition coefficient (Wildman–Crippen LogP) is 9.03. The highest BCUT2D eigenvalue weighted by Gasteiger charge is 2.17. The molecule has 0 unspecified atom stereocenters. The molecule has 0 atom stereocenters. The summed E-state index contributed by atoms with van der Waals surface area (Å²) in [5.41, 5.74) is 5.92. The number of hydrogen-bond donors (Lipinski definition) is 2. The van der Waals surface area contributed by atoms with Crippen molar-refractivity contribution in [1.29, 1.82) is 0 Å². The number of rotatable bonds is 16. The summed E-state index contributed by atoms with van der Waals surface area (Å²) < 4.78 is 0. The number of aromatic nitrogens is 2. The maximum Gasteiger partial charge on any atom is 0.115 e. The zero-order chi connectivity index (χ0) is 25.6. The van der Waals surface area contributed by atoms with Gasteiger partial charge in [-0.25, -0.2) is 9.97 Å². The van der Waals surface area contributed by atoms with E-state index < -0.39 is 0 Å². The second-order valence-corrected chi connectivity index (χ2v) is 9.94. The molecule has 0 fully saturated rings. The van der Waals surface area contributed by atoms with Crippen LogP contribution in [-0.4, -0.2) is 20.2 Å². The van der Waals surface area contributed by atoms with Crippen molar-refractivity contribution in [3.8, 4) is 34.0 Å². The van der Waals surface area contributed by atoms with Gasteiger partial charge in [0.2, 0.25) is 0 Å². The summed E-state index contributed by atoms with van der Waals surface area (Å²) >= 11 is 0. The highest BCUT2D eigenvalue weighted by Crippen LogP contribution is 2.31. The normalized spacial score (nSPS) is 11.2. The fourth-order valence-electron chi connectivity index (χ4n) is 4.70. The van der Waals surface area contributed by atoms with Crippen molar-refractivity contribution >= 4 is 0 Å². The molecule has 0 saturated heterocycles. The molecule has 3 aromatic rings. The molecule has 2 aromatic carbocycles. The summed E-state index contributed by atoms with van der Waals surface area (Å²) in [5, 5.41) is 19.7. The first-order chi connectivity index (χ1) is 17.6. The lowest BCUT2D eigenvalue weighted by atomic mass is 10.00. The molecule has 0 aliphatic heterocycles. The van der Waals surface area contributed by atoms with Crippen molar-refractivity contribution in [3.05, 3.63) is 59.9 Å². The minimum absolute atomic E-state index is 0.261. The Bertz CT molecular complexity index is 944. The van der Waals surface area contributed by atoms with Crippen molar-refractivity contribution in [2.45, 2.75) is 104 Å². The molecule has 2 N–H and O–H groups in total. The fraction of sp³-hybridized carbons (Fsp3) is 0.500. The molecule has 0 saturated carbocycles. The van der Waals surface area contributed by atoms with Gasteiger partial charge in [-0.1, -0.05) is 78.1 Å². The van der Waals surface area contributed by atoms with Crippen molar-refractivity contribution in [1.82, 2.24) is 9.97 Å². The number of phenolic OH excluding ortho intramolecular Hbond substituents is 2. The van der Waals surface area contributed by atoms with E-state index in [4.69, 9.17) is 9.97 Å². The smallest absolute Gasteiger partial charge is 0.115 e. The molecule has 0 amide bonds. The summed E-state index contributed by atoms with van der Waals surface area (Å²) in [6, 6.07) is 14.7. The van der Waals surface area contributed by atoms with Gasteiger partial charge in [0.25, 0.3) is 0 Å². The second kappa shape index (κ2) is 15.3. The van der Waals surface area contributed by atoms with Gasteiger partial charge in [-0.3, -0.25) is 0 Å². The number of unbranched alkanes of at least 4 members (excludes halogenated alkanes) is 10. The average molecular weight is 489 g/mol. The van der Waals surface area contributed by atoms with Crippen LogP contribution in [0.4, 0.5) is 0 Å². The quantitative estimate of drug-likeness (QED) is 0.197. The van der Waals surface area contributed by atoms with Crippen molar-refractivity contribution in [3.63, 3.8) is 0 Å². The van der Waals surface area contributed by atoms with Crippen LogP contribution < -0.4 is 0 Å². The summed E-state index contributed by atoms with van der Waals surface area (Å²) in [6.45, 7) is 4.49. The Morgan fingerprint density at radius 2 is 0.806 bits per heavy atom. The maximum atomic E-state index is 9.84. The third-order valence-corrected chi connectivity index (χ3v) is 6.86. The number of phenols is 2. The first kappa shape index (κ1) is 27.7. The fourth-order valence-corrected chi connectivity index (χ4v) is 4.70. The van der Waals surface area contributed by atoms with Crippen LogP contribution in [0.1, 0.15) is 102 Å². The van der Waals surface area contributed by atoms with Gasteiger partial charge >= 0.3 is 0 Å². The molecule has 1 aromatic heterocycles. The maximum absolute atomic E-state index is 9.84. The molecule has 4 nitrogen and oxygen atoms in total. The minimum atomic E-state index is 0.261. The van der Waals surface area contributed by atoms with Gasteiger partial charge in [0.05, 0.1) is 22.8 Å². The summed E-state index contributed by atoms with van der Waals surface area (Å²) in [4.78, 5) is 10.5. The third kappa shape index (κ3) is 8.65. The van der Waals surface area contributed by atoms with E-state index in [1.807, 2.05) is 24.3 Å².